The maximum Gasteiger partial charge on any atom is 0.136 e. The van der Waals surface area contributed by atoms with E-state index >= 15 is 0 Å². The number of nitriles is 1. The van der Waals surface area contributed by atoms with E-state index in [0.29, 0.717) is 5.56 Å². The number of hydrogen-bond donors (Lipinski definition) is 0. The lowest BCUT2D eigenvalue weighted by Crippen LogP contribution is -2.28. The zero-order valence-electron chi connectivity index (χ0n) is 11.4. The van der Waals surface area contributed by atoms with Gasteiger partial charge in [-0.2, -0.15) is 5.26 Å². The second kappa shape index (κ2) is 5.14. The van der Waals surface area contributed by atoms with Gasteiger partial charge in [-0.05, 0) is 31.7 Å². The standard InChI is InChI=1S/C14H17N3OS/c1-14(8-18)6-4-5-11-12(14)10(7-15)13(19-11)16-9-17(2)3/h8-9H,4-6H2,1-3H3/t14-/m1/s1. The molecule has 0 spiro atoms. The second-order valence-electron chi connectivity index (χ2n) is 5.29. The average molecular weight is 275 g/mol. The Morgan fingerprint density at radius 3 is 2.84 bits per heavy atom. The maximum atomic E-state index is 11.4. The molecule has 0 aromatic carbocycles. The summed E-state index contributed by atoms with van der Waals surface area (Å²) < 4.78 is 0. The van der Waals surface area contributed by atoms with Crippen LogP contribution >= 0.6 is 11.3 Å². The molecule has 2 rings (SSSR count). The molecule has 19 heavy (non-hydrogen) atoms. The summed E-state index contributed by atoms with van der Waals surface area (Å²) in [5.74, 6) is 0. The minimum absolute atomic E-state index is 0.527. The van der Waals surface area contributed by atoms with Gasteiger partial charge in [-0.3, -0.25) is 0 Å². The molecule has 0 radical (unpaired) electrons. The highest BCUT2D eigenvalue weighted by Crippen LogP contribution is 2.46. The Morgan fingerprint density at radius 2 is 2.26 bits per heavy atom. The van der Waals surface area contributed by atoms with Crippen molar-refractivity contribution in [3.05, 3.63) is 16.0 Å². The van der Waals surface area contributed by atoms with Crippen LogP contribution in [0.4, 0.5) is 5.00 Å². The van der Waals surface area contributed by atoms with Gasteiger partial charge in [-0.15, -0.1) is 11.3 Å². The zero-order chi connectivity index (χ0) is 14.0. The minimum atomic E-state index is -0.527. The molecule has 0 amide bonds. The number of fused-ring (bicyclic) bond motifs is 1. The summed E-state index contributed by atoms with van der Waals surface area (Å²) in [6, 6.07) is 2.24. The van der Waals surface area contributed by atoms with Crippen LogP contribution in [0.25, 0.3) is 0 Å². The third kappa shape index (κ3) is 2.41. The summed E-state index contributed by atoms with van der Waals surface area (Å²) in [6.45, 7) is 1.92. The van der Waals surface area contributed by atoms with Gasteiger partial charge in [0.15, 0.2) is 0 Å². The summed E-state index contributed by atoms with van der Waals surface area (Å²) in [7, 11) is 3.78. The number of carbonyl (C=O) groups excluding carboxylic acids is 1. The number of hydrogen-bond acceptors (Lipinski definition) is 4. The molecular weight excluding hydrogens is 258 g/mol. The number of nitrogens with zero attached hydrogens (tertiary/aromatic N) is 3. The largest absolute Gasteiger partial charge is 0.369 e. The average Bonchev–Trinajstić information content (AvgIpc) is 2.75. The molecule has 0 unspecified atom stereocenters. The van der Waals surface area contributed by atoms with E-state index in [1.165, 1.54) is 0 Å². The molecule has 0 saturated heterocycles. The summed E-state index contributed by atoms with van der Waals surface area (Å²) in [5, 5.41) is 10.1. The first kappa shape index (κ1) is 13.8. The molecule has 1 aliphatic carbocycles. The Kier molecular flexibility index (Phi) is 3.72. The van der Waals surface area contributed by atoms with Crippen LogP contribution in [0.2, 0.25) is 0 Å². The molecule has 1 atom stereocenters. The molecule has 0 saturated carbocycles. The van der Waals surface area contributed by atoms with Crippen LogP contribution in [0.15, 0.2) is 4.99 Å². The fraction of sp³-hybridized carbons (Fsp3) is 0.500. The summed E-state index contributed by atoms with van der Waals surface area (Å²) >= 11 is 1.54. The third-order valence-corrected chi connectivity index (χ3v) is 4.57. The highest BCUT2D eigenvalue weighted by molar-refractivity contribution is 7.16. The Bertz CT molecular complexity index is 568. The van der Waals surface area contributed by atoms with Crippen molar-refractivity contribution in [2.75, 3.05) is 14.1 Å². The van der Waals surface area contributed by atoms with Crippen molar-refractivity contribution < 1.29 is 4.79 Å². The number of aryl methyl sites for hydroxylation is 1. The molecule has 1 heterocycles. The monoisotopic (exact) mass is 275 g/mol. The first-order valence-electron chi connectivity index (χ1n) is 6.25. The topological polar surface area (TPSA) is 56.5 Å². The predicted molar refractivity (Wildman–Crippen MR) is 77.2 cm³/mol. The number of thiophene rings is 1. The summed E-state index contributed by atoms with van der Waals surface area (Å²) in [6.07, 6.45) is 5.42. The van der Waals surface area contributed by atoms with Gasteiger partial charge in [0, 0.05) is 19.0 Å². The summed E-state index contributed by atoms with van der Waals surface area (Å²) in [4.78, 5) is 18.8. The molecule has 0 aliphatic heterocycles. The SMILES string of the molecule is CN(C)C=Nc1sc2c(c1C#N)[C@@](C)(C=O)CCC2. The smallest absolute Gasteiger partial charge is 0.136 e. The highest BCUT2D eigenvalue weighted by Gasteiger charge is 2.37. The molecule has 5 heteroatoms. The van der Waals surface area contributed by atoms with E-state index in [4.69, 9.17) is 0 Å². The fourth-order valence-electron chi connectivity index (χ4n) is 2.47. The molecule has 0 fully saturated rings. The number of rotatable bonds is 3. The van der Waals surface area contributed by atoms with Crippen molar-refractivity contribution in [3.8, 4) is 6.07 Å². The van der Waals surface area contributed by atoms with Gasteiger partial charge >= 0.3 is 0 Å². The fourth-order valence-corrected chi connectivity index (χ4v) is 3.73. The third-order valence-electron chi connectivity index (χ3n) is 3.41. The van der Waals surface area contributed by atoms with Crippen LogP contribution in [0.3, 0.4) is 0 Å². The zero-order valence-corrected chi connectivity index (χ0v) is 12.3. The van der Waals surface area contributed by atoms with Crippen LogP contribution in [0, 0.1) is 11.3 Å². The summed E-state index contributed by atoms with van der Waals surface area (Å²) in [5.41, 5.74) is 0.959. The van der Waals surface area contributed by atoms with Crippen LogP contribution in [0.5, 0.6) is 0 Å². The van der Waals surface area contributed by atoms with Crippen molar-refractivity contribution in [2.24, 2.45) is 4.99 Å². The molecule has 1 aromatic heterocycles. The van der Waals surface area contributed by atoms with E-state index in [1.807, 2.05) is 25.9 Å². The molecule has 100 valence electrons. The van der Waals surface area contributed by atoms with Gasteiger partial charge < -0.3 is 9.69 Å². The molecule has 1 aromatic rings. The van der Waals surface area contributed by atoms with E-state index < -0.39 is 5.41 Å². The Balaban J connectivity index is 2.57. The molecule has 1 aliphatic rings. The number of carbonyl (C=O) groups is 1. The molecule has 0 bridgehead atoms. The quantitative estimate of drug-likeness (QED) is 0.484. The Morgan fingerprint density at radius 1 is 1.53 bits per heavy atom. The van der Waals surface area contributed by atoms with E-state index in [1.54, 1.807) is 17.7 Å². The van der Waals surface area contributed by atoms with Crippen LogP contribution in [-0.2, 0) is 16.6 Å². The van der Waals surface area contributed by atoms with E-state index in [2.05, 4.69) is 11.1 Å². The lowest BCUT2D eigenvalue weighted by molar-refractivity contribution is -0.112. The Labute approximate surface area is 117 Å². The molecular formula is C14H17N3OS. The molecule has 0 N–H and O–H groups in total. The normalized spacial score (nSPS) is 22.0. The Hall–Kier alpha value is -1.67. The first-order chi connectivity index (χ1) is 9.01. The van der Waals surface area contributed by atoms with Crippen molar-refractivity contribution in [2.45, 2.75) is 31.6 Å². The van der Waals surface area contributed by atoms with Gasteiger partial charge in [0.05, 0.1) is 17.3 Å². The van der Waals surface area contributed by atoms with Gasteiger partial charge in [0.2, 0.25) is 0 Å². The van der Waals surface area contributed by atoms with Gasteiger partial charge in [0.25, 0.3) is 0 Å². The molecule has 4 nitrogen and oxygen atoms in total. The first-order valence-corrected chi connectivity index (χ1v) is 7.06. The van der Waals surface area contributed by atoms with E-state index in [9.17, 15) is 10.1 Å². The van der Waals surface area contributed by atoms with Crippen molar-refractivity contribution in [1.29, 1.82) is 5.26 Å². The van der Waals surface area contributed by atoms with Gasteiger partial charge in [-0.25, -0.2) is 4.99 Å². The van der Waals surface area contributed by atoms with Crippen molar-refractivity contribution in [3.63, 3.8) is 0 Å². The second-order valence-corrected chi connectivity index (χ2v) is 6.37. The number of aldehydes is 1. The van der Waals surface area contributed by atoms with Crippen molar-refractivity contribution in [1.82, 2.24) is 4.90 Å². The van der Waals surface area contributed by atoms with E-state index in [-0.39, 0.29) is 0 Å². The van der Waals surface area contributed by atoms with Crippen molar-refractivity contribution >= 4 is 29.0 Å². The van der Waals surface area contributed by atoms with Crippen LogP contribution < -0.4 is 0 Å². The number of aliphatic imine (C=N–C) groups is 1. The van der Waals surface area contributed by atoms with Gasteiger partial charge in [0.1, 0.15) is 17.4 Å². The highest BCUT2D eigenvalue weighted by atomic mass is 32.1. The van der Waals surface area contributed by atoms with Crippen LogP contribution in [0.1, 0.15) is 35.8 Å². The predicted octanol–water partition coefficient (Wildman–Crippen LogP) is 2.63. The minimum Gasteiger partial charge on any atom is -0.369 e. The van der Waals surface area contributed by atoms with Gasteiger partial charge in [-0.1, -0.05) is 0 Å². The van der Waals surface area contributed by atoms with Crippen LogP contribution in [-0.4, -0.2) is 31.6 Å². The lowest BCUT2D eigenvalue weighted by Gasteiger charge is -2.28. The van der Waals surface area contributed by atoms with E-state index in [0.717, 1.165) is 41.0 Å². The lowest BCUT2D eigenvalue weighted by atomic mass is 9.74. The maximum absolute atomic E-state index is 11.4.